The Bertz CT molecular complexity index is 1420. The van der Waals surface area contributed by atoms with Crippen molar-refractivity contribution < 1.29 is 19.1 Å². The number of nitriles is 2. The first kappa shape index (κ1) is 25.2. The molecule has 4 rings (SSSR count). The third-order valence-electron chi connectivity index (χ3n) is 6.11. The molecule has 0 saturated heterocycles. The standard InChI is InChI=1S/C29H24N4O4/c1-36-24-11-8-19(9-12-24)10-13-25-26(28(34)37-18-22-6-2-4-20(14-22)16-30)27(33-29(35)32-25)23-7-3-5-21(15-23)17-31/h2-9,11-12,14-15,26-27H,10,13,18H2,1H3,(H,33,35). The lowest BCUT2D eigenvalue weighted by Crippen LogP contribution is -2.45. The Morgan fingerprint density at radius 1 is 0.946 bits per heavy atom. The predicted molar refractivity (Wildman–Crippen MR) is 136 cm³/mol. The van der Waals surface area contributed by atoms with Gasteiger partial charge in [-0.15, -0.1) is 0 Å². The molecular weight excluding hydrogens is 468 g/mol. The van der Waals surface area contributed by atoms with Crippen LogP contribution < -0.4 is 10.1 Å². The van der Waals surface area contributed by atoms with Crippen molar-refractivity contribution >= 4 is 17.7 Å². The minimum atomic E-state index is -0.885. The second-order valence-corrected chi connectivity index (χ2v) is 8.51. The van der Waals surface area contributed by atoms with Gasteiger partial charge in [0.05, 0.1) is 36.4 Å². The summed E-state index contributed by atoms with van der Waals surface area (Å²) in [5.41, 5.74) is 3.56. The summed E-state index contributed by atoms with van der Waals surface area (Å²) < 4.78 is 10.9. The highest BCUT2D eigenvalue weighted by Crippen LogP contribution is 2.31. The van der Waals surface area contributed by atoms with Gasteiger partial charge in [0, 0.05) is 5.71 Å². The zero-order chi connectivity index (χ0) is 26.2. The monoisotopic (exact) mass is 492 g/mol. The zero-order valence-electron chi connectivity index (χ0n) is 20.2. The molecule has 1 heterocycles. The molecule has 184 valence electrons. The summed E-state index contributed by atoms with van der Waals surface area (Å²) >= 11 is 0. The Hall–Kier alpha value is -4.95. The van der Waals surface area contributed by atoms with E-state index in [-0.39, 0.29) is 6.61 Å². The maximum absolute atomic E-state index is 13.5. The van der Waals surface area contributed by atoms with Gasteiger partial charge >= 0.3 is 12.0 Å². The number of hydrogen-bond acceptors (Lipinski definition) is 6. The Morgan fingerprint density at radius 2 is 1.65 bits per heavy atom. The van der Waals surface area contributed by atoms with E-state index in [1.54, 1.807) is 55.6 Å². The van der Waals surface area contributed by atoms with Crippen molar-refractivity contribution in [1.29, 1.82) is 10.5 Å². The van der Waals surface area contributed by atoms with E-state index >= 15 is 0 Å². The van der Waals surface area contributed by atoms with Gasteiger partial charge in [-0.3, -0.25) is 4.79 Å². The first-order chi connectivity index (χ1) is 18.0. The number of esters is 1. The van der Waals surface area contributed by atoms with E-state index in [1.807, 2.05) is 24.3 Å². The molecule has 1 N–H and O–H groups in total. The molecule has 37 heavy (non-hydrogen) atoms. The van der Waals surface area contributed by atoms with Crippen LogP contribution in [0.5, 0.6) is 5.75 Å². The summed E-state index contributed by atoms with van der Waals surface area (Å²) in [6.07, 6.45) is 0.910. The number of benzene rings is 3. The fraction of sp³-hybridized carbons (Fsp3) is 0.207. The lowest BCUT2D eigenvalue weighted by molar-refractivity contribution is -0.148. The van der Waals surface area contributed by atoms with Gasteiger partial charge in [0.25, 0.3) is 0 Å². The van der Waals surface area contributed by atoms with Crippen molar-refractivity contribution in [2.24, 2.45) is 10.9 Å². The third kappa shape index (κ3) is 6.19. The maximum Gasteiger partial charge on any atom is 0.341 e. The Labute approximate surface area is 214 Å². The molecule has 8 heteroatoms. The van der Waals surface area contributed by atoms with Gasteiger partial charge in [-0.25, -0.2) is 9.79 Å². The number of nitrogens with zero attached hydrogens (tertiary/aromatic N) is 3. The fourth-order valence-corrected chi connectivity index (χ4v) is 4.24. The van der Waals surface area contributed by atoms with Crippen LogP contribution in [0.3, 0.4) is 0 Å². The van der Waals surface area contributed by atoms with Crippen LogP contribution in [0.2, 0.25) is 0 Å². The van der Waals surface area contributed by atoms with Crippen LogP contribution in [0.25, 0.3) is 0 Å². The minimum Gasteiger partial charge on any atom is -0.497 e. The van der Waals surface area contributed by atoms with Crippen LogP contribution in [-0.2, 0) is 22.6 Å². The molecule has 8 nitrogen and oxygen atoms in total. The predicted octanol–water partition coefficient (Wildman–Crippen LogP) is 4.64. The molecule has 0 aliphatic carbocycles. The highest BCUT2D eigenvalue weighted by molar-refractivity contribution is 6.09. The molecule has 0 radical (unpaired) electrons. The van der Waals surface area contributed by atoms with Gasteiger partial charge in [0.15, 0.2) is 0 Å². The molecule has 1 aliphatic heterocycles. The van der Waals surface area contributed by atoms with Gasteiger partial charge < -0.3 is 14.8 Å². The van der Waals surface area contributed by atoms with Gasteiger partial charge in [0.1, 0.15) is 18.3 Å². The molecule has 0 spiro atoms. The third-order valence-corrected chi connectivity index (χ3v) is 6.11. The number of ether oxygens (including phenoxy) is 2. The second-order valence-electron chi connectivity index (χ2n) is 8.51. The molecule has 2 unspecified atom stereocenters. The molecule has 0 saturated carbocycles. The molecule has 3 aromatic rings. The van der Waals surface area contributed by atoms with E-state index in [0.29, 0.717) is 40.8 Å². The van der Waals surface area contributed by atoms with Crippen LogP contribution >= 0.6 is 0 Å². The van der Waals surface area contributed by atoms with E-state index in [9.17, 15) is 14.9 Å². The number of nitrogens with one attached hydrogen (secondary N) is 1. The van der Waals surface area contributed by atoms with Crippen LogP contribution in [0.4, 0.5) is 4.79 Å². The Morgan fingerprint density at radius 3 is 2.35 bits per heavy atom. The van der Waals surface area contributed by atoms with Crippen molar-refractivity contribution in [3.05, 3.63) is 101 Å². The van der Waals surface area contributed by atoms with Gasteiger partial charge in [-0.2, -0.15) is 10.5 Å². The molecular formula is C29H24N4O4. The van der Waals surface area contributed by atoms with E-state index < -0.39 is 24.0 Å². The van der Waals surface area contributed by atoms with Gasteiger partial charge in [0.2, 0.25) is 0 Å². The molecule has 0 aromatic heterocycles. The zero-order valence-corrected chi connectivity index (χ0v) is 20.2. The van der Waals surface area contributed by atoms with Crippen molar-refractivity contribution in [2.45, 2.75) is 25.5 Å². The summed E-state index contributed by atoms with van der Waals surface area (Å²) in [6, 6.07) is 24.0. The second kappa shape index (κ2) is 11.7. The number of aryl methyl sites for hydroxylation is 1. The lowest BCUT2D eigenvalue weighted by Gasteiger charge is -2.31. The average Bonchev–Trinajstić information content (AvgIpc) is 2.94. The molecule has 2 atom stereocenters. The number of aliphatic imine (C=N–C) groups is 1. The summed E-state index contributed by atoms with van der Waals surface area (Å²) in [5, 5.41) is 21.3. The summed E-state index contributed by atoms with van der Waals surface area (Å²) in [6.45, 7) is -0.0322. The SMILES string of the molecule is COc1ccc(CCC2=NC(=O)NC(c3cccc(C#N)c3)C2C(=O)OCc2cccc(C#N)c2)cc1. The normalized spacial score (nSPS) is 16.5. The number of rotatable bonds is 8. The molecule has 0 fully saturated rings. The van der Waals surface area contributed by atoms with Crippen molar-refractivity contribution in [1.82, 2.24) is 5.32 Å². The van der Waals surface area contributed by atoms with Crippen molar-refractivity contribution in [3.8, 4) is 17.9 Å². The van der Waals surface area contributed by atoms with Crippen LogP contribution in [-0.4, -0.2) is 24.8 Å². The first-order valence-corrected chi connectivity index (χ1v) is 11.7. The van der Waals surface area contributed by atoms with Gasteiger partial charge in [-0.1, -0.05) is 36.4 Å². The number of carbonyl (C=O) groups excluding carboxylic acids is 2. The summed E-state index contributed by atoms with van der Waals surface area (Å²) in [4.78, 5) is 30.2. The summed E-state index contributed by atoms with van der Waals surface area (Å²) in [5.74, 6) is -0.704. The van der Waals surface area contributed by atoms with Crippen molar-refractivity contribution in [3.63, 3.8) is 0 Å². The van der Waals surface area contributed by atoms with E-state index in [4.69, 9.17) is 14.7 Å². The quantitative estimate of drug-likeness (QED) is 0.457. The number of amides is 2. The fourth-order valence-electron chi connectivity index (χ4n) is 4.24. The molecule has 3 aromatic carbocycles. The van der Waals surface area contributed by atoms with Crippen LogP contribution in [0, 0.1) is 28.6 Å². The largest absolute Gasteiger partial charge is 0.497 e. The van der Waals surface area contributed by atoms with E-state index in [1.165, 1.54) is 0 Å². The molecule has 0 bridgehead atoms. The molecule has 2 amide bonds. The smallest absolute Gasteiger partial charge is 0.341 e. The highest BCUT2D eigenvalue weighted by Gasteiger charge is 2.39. The molecule has 1 aliphatic rings. The lowest BCUT2D eigenvalue weighted by atomic mass is 9.85. The first-order valence-electron chi connectivity index (χ1n) is 11.7. The Balaban J connectivity index is 1.61. The highest BCUT2D eigenvalue weighted by atomic mass is 16.5. The van der Waals surface area contributed by atoms with Gasteiger partial charge in [-0.05, 0) is 65.9 Å². The van der Waals surface area contributed by atoms with E-state index in [2.05, 4.69) is 22.4 Å². The van der Waals surface area contributed by atoms with Crippen molar-refractivity contribution in [2.75, 3.05) is 7.11 Å². The van der Waals surface area contributed by atoms with Crippen LogP contribution in [0.15, 0.2) is 77.8 Å². The number of methoxy groups -OCH3 is 1. The number of carbonyl (C=O) groups is 2. The van der Waals surface area contributed by atoms with Crippen LogP contribution in [0.1, 0.15) is 40.3 Å². The summed E-state index contributed by atoms with van der Waals surface area (Å²) in [7, 11) is 1.60. The minimum absolute atomic E-state index is 0.0322. The average molecular weight is 493 g/mol. The van der Waals surface area contributed by atoms with E-state index in [0.717, 1.165) is 11.3 Å². The number of hydrogen-bond donors (Lipinski definition) is 1. The number of urea groups is 1. The Kier molecular flexibility index (Phi) is 7.92. The topological polar surface area (TPSA) is 125 Å². The maximum atomic E-state index is 13.5.